The Labute approximate surface area is 188 Å². The van der Waals surface area contributed by atoms with Crippen molar-refractivity contribution in [2.75, 3.05) is 33.4 Å². The molecular weight excluding hydrogens is 416 g/mol. The summed E-state index contributed by atoms with van der Waals surface area (Å²) in [4.78, 5) is 7.84. The van der Waals surface area contributed by atoms with Gasteiger partial charge in [0, 0.05) is 31.1 Å². The molecule has 1 aliphatic rings. The van der Waals surface area contributed by atoms with Crippen molar-refractivity contribution < 1.29 is 19.4 Å². The predicted molar refractivity (Wildman–Crippen MR) is 123 cm³/mol. The number of rotatable bonds is 12. The topological polar surface area (TPSA) is 63.5 Å². The maximum Gasteiger partial charge on any atom is 0.145 e. The largest absolute Gasteiger partial charge is 0.497 e. The highest BCUT2D eigenvalue weighted by molar-refractivity contribution is 6.31. The van der Waals surface area contributed by atoms with E-state index in [0.29, 0.717) is 37.7 Å². The summed E-state index contributed by atoms with van der Waals surface area (Å²) < 4.78 is 10.6. The van der Waals surface area contributed by atoms with Crippen LogP contribution in [-0.4, -0.2) is 61.3 Å². The second-order valence-electron chi connectivity index (χ2n) is 7.46. The third-order valence-electron chi connectivity index (χ3n) is 4.98. The van der Waals surface area contributed by atoms with E-state index in [-0.39, 0.29) is 12.7 Å². The standard InChI is InChI=1S/C24H29ClN2O4/c1-3-12-30-17-20(28)15-27(14-19-6-4-5-7-23(19)25)16-22-13-24(26-31-22)18-8-10-21(29-2)11-9-18/h3-11,20,22,28H,1,12-17H2,2H3/t20-,22+/m0/s1. The Balaban J connectivity index is 1.62. The van der Waals surface area contributed by atoms with Crippen LogP contribution >= 0.6 is 11.6 Å². The Morgan fingerprint density at radius 2 is 2.06 bits per heavy atom. The second-order valence-corrected chi connectivity index (χ2v) is 7.87. The molecule has 0 fully saturated rings. The van der Waals surface area contributed by atoms with Crippen molar-refractivity contribution in [2.45, 2.75) is 25.2 Å². The molecule has 6 nitrogen and oxygen atoms in total. The Hall–Kier alpha value is -2.38. The van der Waals surface area contributed by atoms with Crippen LogP contribution in [0.1, 0.15) is 17.5 Å². The van der Waals surface area contributed by atoms with Gasteiger partial charge in [-0.1, -0.05) is 41.0 Å². The van der Waals surface area contributed by atoms with Gasteiger partial charge in [-0.05, 0) is 41.5 Å². The number of hydrogen-bond donors (Lipinski definition) is 1. The van der Waals surface area contributed by atoms with Crippen molar-refractivity contribution in [3.63, 3.8) is 0 Å². The van der Waals surface area contributed by atoms with Gasteiger partial charge in [0.2, 0.25) is 0 Å². The van der Waals surface area contributed by atoms with Gasteiger partial charge in [0.15, 0.2) is 0 Å². The summed E-state index contributed by atoms with van der Waals surface area (Å²) in [5, 5.41) is 15.4. The number of nitrogens with zero attached hydrogens (tertiary/aromatic N) is 2. The van der Waals surface area contributed by atoms with Crippen molar-refractivity contribution in [1.29, 1.82) is 0 Å². The number of ether oxygens (including phenoxy) is 2. The van der Waals surface area contributed by atoms with E-state index in [4.69, 9.17) is 25.9 Å². The van der Waals surface area contributed by atoms with Crippen LogP contribution in [0.25, 0.3) is 0 Å². The van der Waals surface area contributed by atoms with Gasteiger partial charge in [0.25, 0.3) is 0 Å². The molecule has 7 heteroatoms. The zero-order valence-corrected chi connectivity index (χ0v) is 18.5. The minimum Gasteiger partial charge on any atom is -0.497 e. The summed E-state index contributed by atoms with van der Waals surface area (Å²) in [5.74, 6) is 0.804. The van der Waals surface area contributed by atoms with Crippen LogP contribution < -0.4 is 4.74 Å². The summed E-state index contributed by atoms with van der Waals surface area (Å²) in [5.41, 5.74) is 2.91. The Morgan fingerprint density at radius 1 is 1.29 bits per heavy atom. The Bertz CT molecular complexity index is 872. The average molecular weight is 445 g/mol. The predicted octanol–water partition coefficient (Wildman–Crippen LogP) is 3.91. The molecule has 0 aliphatic carbocycles. The molecule has 1 heterocycles. The van der Waals surface area contributed by atoms with Gasteiger partial charge in [-0.15, -0.1) is 6.58 Å². The number of aliphatic hydroxyl groups is 1. The number of halogens is 1. The van der Waals surface area contributed by atoms with E-state index >= 15 is 0 Å². The van der Waals surface area contributed by atoms with Crippen LogP contribution in [0.15, 0.2) is 66.3 Å². The van der Waals surface area contributed by atoms with Crippen molar-refractivity contribution in [3.8, 4) is 5.75 Å². The molecule has 2 atom stereocenters. The smallest absolute Gasteiger partial charge is 0.145 e. The fourth-order valence-corrected chi connectivity index (χ4v) is 3.67. The van der Waals surface area contributed by atoms with Crippen LogP contribution in [-0.2, 0) is 16.1 Å². The lowest BCUT2D eigenvalue weighted by Gasteiger charge is -2.27. The quantitative estimate of drug-likeness (QED) is 0.397. The van der Waals surface area contributed by atoms with E-state index < -0.39 is 6.10 Å². The first-order valence-electron chi connectivity index (χ1n) is 10.3. The monoisotopic (exact) mass is 444 g/mol. The number of aliphatic hydroxyl groups excluding tert-OH is 1. The van der Waals surface area contributed by atoms with E-state index in [1.54, 1.807) is 13.2 Å². The molecular formula is C24H29ClN2O4. The van der Waals surface area contributed by atoms with Crippen molar-refractivity contribution in [3.05, 3.63) is 77.3 Å². The summed E-state index contributed by atoms with van der Waals surface area (Å²) in [6.45, 7) is 5.90. The molecule has 1 N–H and O–H groups in total. The first kappa shape index (κ1) is 23.3. The molecule has 1 aliphatic heterocycles. The van der Waals surface area contributed by atoms with Crippen molar-refractivity contribution in [1.82, 2.24) is 4.90 Å². The average Bonchev–Trinajstić information content (AvgIpc) is 3.24. The summed E-state index contributed by atoms with van der Waals surface area (Å²) in [6, 6.07) is 15.5. The van der Waals surface area contributed by atoms with E-state index in [1.807, 2.05) is 48.5 Å². The second kappa shape index (κ2) is 11.9. The molecule has 3 rings (SSSR count). The maximum atomic E-state index is 10.4. The highest BCUT2D eigenvalue weighted by Gasteiger charge is 2.26. The molecule has 2 aromatic carbocycles. The molecule has 0 amide bonds. The number of methoxy groups -OCH3 is 1. The van der Waals surface area contributed by atoms with Gasteiger partial charge in [-0.2, -0.15) is 0 Å². The SMILES string of the molecule is C=CCOC[C@@H](O)CN(Cc1ccccc1Cl)C[C@H]1CC(c2ccc(OC)cc2)=NO1. The van der Waals surface area contributed by atoms with E-state index in [2.05, 4.69) is 16.6 Å². The van der Waals surface area contributed by atoms with Crippen molar-refractivity contribution >= 4 is 17.3 Å². The maximum absolute atomic E-state index is 10.4. The minimum absolute atomic E-state index is 0.110. The van der Waals surface area contributed by atoms with E-state index in [0.717, 1.165) is 22.6 Å². The lowest BCUT2D eigenvalue weighted by molar-refractivity contribution is 0.00337. The van der Waals surface area contributed by atoms with Crippen LogP contribution in [0.5, 0.6) is 5.75 Å². The van der Waals surface area contributed by atoms with E-state index in [1.165, 1.54) is 0 Å². The zero-order valence-electron chi connectivity index (χ0n) is 17.7. The third-order valence-corrected chi connectivity index (χ3v) is 5.35. The lowest BCUT2D eigenvalue weighted by Crippen LogP contribution is -2.39. The van der Waals surface area contributed by atoms with Gasteiger partial charge in [-0.25, -0.2) is 0 Å². The molecule has 0 aromatic heterocycles. The Kier molecular flexibility index (Phi) is 8.91. The summed E-state index contributed by atoms with van der Waals surface area (Å²) in [7, 11) is 1.64. The van der Waals surface area contributed by atoms with Gasteiger partial charge in [0.05, 0.1) is 32.1 Å². The summed E-state index contributed by atoms with van der Waals surface area (Å²) in [6.07, 6.45) is 1.61. The molecule has 166 valence electrons. The van der Waals surface area contributed by atoms with Crippen LogP contribution in [0.3, 0.4) is 0 Å². The Morgan fingerprint density at radius 3 is 2.77 bits per heavy atom. The van der Waals surface area contributed by atoms with E-state index in [9.17, 15) is 5.11 Å². The van der Waals surface area contributed by atoms with Crippen LogP contribution in [0.4, 0.5) is 0 Å². The fourth-order valence-electron chi connectivity index (χ4n) is 3.48. The minimum atomic E-state index is -0.634. The van der Waals surface area contributed by atoms with Gasteiger partial charge in [-0.3, -0.25) is 4.90 Å². The van der Waals surface area contributed by atoms with Gasteiger partial charge >= 0.3 is 0 Å². The highest BCUT2D eigenvalue weighted by atomic mass is 35.5. The van der Waals surface area contributed by atoms with Gasteiger partial charge in [0.1, 0.15) is 11.9 Å². The fraction of sp³-hybridized carbons (Fsp3) is 0.375. The third kappa shape index (κ3) is 7.08. The first-order valence-corrected chi connectivity index (χ1v) is 10.7. The molecule has 0 radical (unpaired) electrons. The number of benzene rings is 2. The molecule has 31 heavy (non-hydrogen) atoms. The molecule has 2 aromatic rings. The number of oxime groups is 1. The molecule has 0 bridgehead atoms. The lowest BCUT2D eigenvalue weighted by atomic mass is 10.0. The first-order chi connectivity index (χ1) is 15.1. The molecule has 0 saturated heterocycles. The number of hydrogen-bond acceptors (Lipinski definition) is 6. The summed E-state index contributed by atoms with van der Waals surface area (Å²) >= 11 is 6.36. The van der Waals surface area contributed by atoms with Crippen LogP contribution in [0, 0.1) is 0 Å². The molecule has 0 saturated carbocycles. The molecule has 0 unspecified atom stereocenters. The normalized spacial score (nSPS) is 16.6. The van der Waals surface area contributed by atoms with Crippen molar-refractivity contribution in [2.24, 2.45) is 5.16 Å². The van der Waals surface area contributed by atoms with Crippen LogP contribution in [0.2, 0.25) is 5.02 Å². The molecule has 0 spiro atoms. The highest BCUT2D eigenvalue weighted by Crippen LogP contribution is 2.22. The zero-order chi connectivity index (χ0) is 22.1. The van der Waals surface area contributed by atoms with Gasteiger partial charge < -0.3 is 19.4 Å².